The lowest BCUT2D eigenvalue weighted by molar-refractivity contribution is 0.403. The van der Waals surface area contributed by atoms with E-state index >= 15 is 0 Å². The van der Waals surface area contributed by atoms with Gasteiger partial charge in [0, 0.05) is 12.1 Å². The van der Waals surface area contributed by atoms with Crippen molar-refractivity contribution in [3.8, 4) is 11.5 Å². The lowest BCUT2D eigenvalue weighted by atomic mass is 10.3. The van der Waals surface area contributed by atoms with Crippen LogP contribution in [-0.4, -0.2) is 10.2 Å². The number of benzene rings is 1. The number of phenols is 2. The lowest BCUT2D eigenvalue weighted by Gasteiger charge is -1.89. The van der Waals surface area contributed by atoms with Crippen LogP contribution in [0.25, 0.3) is 0 Å². The van der Waals surface area contributed by atoms with Crippen LogP contribution in [0.1, 0.15) is 0 Å². The van der Waals surface area contributed by atoms with Gasteiger partial charge < -0.3 is 10.2 Å². The summed E-state index contributed by atoms with van der Waals surface area (Å²) in [5, 5.41) is 17.1. The second-order valence-electron chi connectivity index (χ2n) is 1.27. The summed E-state index contributed by atoms with van der Waals surface area (Å²) in [4.78, 5) is 0. The van der Waals surface area contributed by atoms with Crippen molar-refractivity contribution in [2.75, 3.05) is 0 Å². The Bertz CT molecular complexity index is 163. The maximum absolute atomic E-state index is 8.59. The van der Waals surface area contributed by atoms with Gasteiger partial charge in [-0.15, -0.1) is 0 Å². The number of hydrogen-bond acceptors (Lipinski definition) is 2. The summed E-state index contributed by atoms with van der Waals surface area (Å²) in [6.07, 6.45) is 0. The molecule has 0 aliphatic carbocycles. The smallest absolute Gasteiger partial charge is 0.166 e. The van der Waals surface area contributed by atoms with E-state index in [1.54, 1.807) is 0 Å². The highest BCUT2D eigenvalue weighted by molar-refractivity contribution is 5.34. The van der Waals surface area contributed by atoms with E-state index in [0.29, 0.717) is 0 Å². The summed E-state index contributed by atoms with van der Waals surface area (Å²) >= 11 is 0. The second kappa shape index (κ2) is 1.74. The third kappa shape index (κ3) is 0.729. The summed E-state index contributed by atoms with van der Waals surface area (Å²) in [7, 11) is 0. The SMILES string of the molecule is Oc1[c][c][c]cc1O. The van der Waals surface area contributed by atoms with Crippen molar-refractivity contribution in [3.63, 3.8) is 0 Å². The number of hydrogen-bond donors (Lipinski definition) is 2. The highest BCUT2D eigenvalue weighted by atomic mass is 16.3. The van der Waals surface area contributed by atoms with E-state index in [9.17, 15) is 0 Å². The highest BCUT2D eigenvalue weighted by Gasteiger charge is 1.91. The molecule has 1 aromatic carbocycles. The van der Waals surface area contributed by atoms with Crippen molar-refractivity contribution in [2.45, 2.75) is 0 Å². The van der Waals surface area contributed by atoms with Crippen LogP contribution >= 0.6 is 0 Å². The molecule has 0 spiro atoms. The molecule has 8 heavy (non-hydrogen) atoms. The molecule has 3 radical (unpaired) electrons. The van der Waals surface area contributed by atoms with Gasteiger partial charge in [0.25, 0.3) is 0 Å². The van der Waals surface area contributed by atoms with Gasteiger partial charge >= 0.3 is 0 Å². The van der Waals surface area contributed by atoms with Gasteiger partial charge in [-0.05, 0) is 12.1 Å². The third-order valence-corrected chi connectivity index (χ3v) is 0.705. The van der Waals surface area contributed by atoms with Crippen molar-refractivity contribution in [1.29, 1.82) is 0 Å². The van der Waals surface area contributed by atoms with Crippen molar-refractivity contribution in [1.82, 2.24) is 0 Å². The molecule has 2 heteroatoms. The van der Waals surface area contributed by atoms with Crippen molar-refractivity contribution in [2.24, 2.45) is 0 Å². The fourth-order valence-corrected chi connectivity index (χ4v) is 0.332. The molecule has 0 saturated carbocycles. The van der Waals surface area contributed by atoms with Crippen LogP contribution in [0.5, 0.6) is 11.5 Å². The average molecular weight is 107 g/mol. The minimum atomic E-state index is -0.288. The summed E-state index contributed by atoms with van der Waals surface area (Å²) in [6, 6.07) is 8.19. The highest BCUT2D eigenvalue weighted by Crippen LogP contribution is 2.20. The fraction of sp³-hybridized carbons (Fsp3) is 0. The minimum absolute atomic E-state index is 0.219. The standard InChI is InChI=1S/C6H3O2/c7-5-3-1-2-4-6(5)8/h3,7-8H. The normalized spacial score (nSPS) is 9.00. The third-order valence-electron chi connectivity index (χ3n) is 0.705. The zero-order valence-corrected chi connectivity index (χ0v) is 3.97. The quantitative estimate of drug-likeness (QED) is 0.474. The Morgan fingerprint density at radius 3 is 2.50 bits per heavy atom. The first-order valence-corrected chi connectivity index (χ1v) is 2.02. The van der Waals surface area contributed by atoms with Crippen LogP contribution in [0.15, 0.2) is 6.07 Å². The van der Waals surface area contributed by atoms with E-state index in [1.165, 1.54) is 6.07 Å². The first kappa shape index (κ1) is 4.97. The summed E-state index contributed by atoms with van der Waals surface area (Å²) in [5.74, 6) is -0.507. The molecule has 1 rings (SSSR count). The molecule has 0 unspecified atom stereocenters. The van der Waals surface area contributed by atoms with E-state index in [4.69, 9.17) is 10.2 Å². The topological polar surface area (TPSA) is 40.5 Å². The van der Waals surface area contributed by atoms with Crippen LogP contribution in [0.2, 0.25) is 0 Å². The molecule has 0 heterocycles. The zero-order valence-electron chi connectivity index (χ0n) is 3.97. The van der Waals surface area contributed by atoms with Gasteiger partial charge in [0.2, 0.25) is 0 Å². The maximum Gasteiger partial charge on any atom is 0.166 e. The predicted octanol–water partition coefficient (Wildman–Crippen LogP) is 0.498. The first-order chi connectivity index (χ1) is 3.80. The minimum Gasteiger partial charge on any atom is -0.504 e. The number of rotatable bonds is 0. The lowest BCUT2D eigenvalue weighted by Crippen LogP contribution is -1.65. The van der Waals surface area contributed by atoms with Gasteiger partial charge in [0.05, 0.1) is 0 Å². The van der Waals surface area contributed by atoms with Crippen LogP contribution in [0.3, 0.4) is 0 Å². The second-order valence-corrected chi connectivity index (χ2v) is 1.27. The number of phenolic OH excluding ortho intramolecular Hbond substituents is 2. The van der Waals surface area contributed by atoms with E-state index in [-0.39, 0.29) is 11.5 Å². The van der Waals surface area contributed by atoms with Crippen molar-refractivity contribution < 1.29 is 10.2 Å². The molecule has 0 atom stereocenters. The summed E-state index contributed by atoms with van der Waals surface area (Å²) < 4.78 is 0. The largest absolute Gasteiger partial charge is 0.504 e. The van der Waals surface area contributed by atoms with Gasteiger partial charge in [-0.2, -0.15) is 0 Å². The molecule has 1 aromatic rings. The van der Waals surface area contributed by atoms with Crippen molar-refractivity contribution >= 4 is 0 Å². The van der Waals surface area contributed by atoms with Crippen molar-refractivity contribution in [3.05, 3.63) is 24.3 Å². The van der Waals surface area contributed by atoms with Gasteiger partial charge in [-0.1, -0.05) is 0 Å². The van der Waals surface area contributed by atoms with Crippen LogP contribution in [0, 0.1) is 18.2 Å². The van der Waals surface area contributed by atoms with Gasteiger partial charge in [0.15, 0.2) is 11.5 Å². The molecule has 0 aromatic heterocycles. The molecule has 0 amide bonds. The van der Waals surface area contributed by atoms with Gasteiger partial charge in [-0.25, -0.2) is 0 Å². The molecule has 2 N–H and O–H groups in total. The van der Waals surface area contributed by atoms with E-state index in [1.807, 2.05) is 0 Å². The molecule has 2 nitrogen and oxygen atoms in total. The molecular formula is C6H3O2. The molecule has 0 aliphatic heterocycles. The van der Waals surface area contributed by atoms with Crippen LogP contribution < -0.4 is 0 Å². The van der Waals surface area contributed by atoms with E-state index in [0.717, 1.165) is 0 Å². The Morgan fingerprint density at radius 1 is 1.38 bits per heavy atom. The van der Waals surface area contributed by atoms with Crippen LogP contribution in [0.4, 0.5) is 0 Å². The zero-order chi connectivity index (χ0) is 5.98. The van der Waals surface area contributed by atoms with E-state index in [2.05, 4.69) is 18.2 Å². The Labute approximate surface area is 47.0 Å². The first-order valence-electron chi connectivity index (χ1n) is 2.02. The van der Waals surface area contributed by atoms with Gasteiger partial charge in [-0.3, -0.25) is 0 Å². The average Bonchev–Trinajstić information content (AvgIpc) is 1.77. The Morgan fingerprint density at radius 2 is 2.12 bits per heavy atom. The molecule has 39 valence electrons. The summed E-state index contributed by atoms with van der Waals surface area (Å²) in [5.41, 5.74) is 0. The fourth-order valence-electron chi connectivity index (χ4n) is 0.332. The number of aromatic hydroxyl groups is 2. The predicted molar refractivity (Wildman–Crippen MR) is 26.3 cm³/mol. The maximum atomic E-state index is 8.59. The Kier molecular flexibility index (Phi) is 1.08. The molecule has 0 saturated heterocycles. The van der Waals surface area contributed by atoms with Crippen LogP contribution in [-0.2, 0) is 0 Å². The van der Waals surface area contributed by atoms with Gasteiger partial charge in [0.1, 0.15) is 0 Å². The molecular weight excluding hydrogens is 104 g/mol. The Balaban J connectivity index is 3.13. The Hall–Kier alpha value is -1.18. The van der Waals surface area contributed by atoms with E-state index < -0.39 is 0 Å². The molecule has 0 bridgehead atoms. The molecule has 0 aliphatic rings. The molecule has 0 fully saturated rings. The summed E-state index contributed by atoms with van der Waals surface area (Å²) in [6.45, 7) is 0. The monoisotopic (exact) mass is 107 g/mol.